The number of ketones is 1. The lowest BCUT2D eigenvalue weighted by Gasteiger charge is -2.60. The molecule has 0 amide bonds. The van der Waals surface area contributed by atoms with Crippen LogP contribution in [0.3, 0.4) is 0 Å². The minimum atomic E-state index is -0.858. The highest BCUT2D eigenvalue weighted by molar-refractivity contribution is 5.91. The number of rotatable bonds is 1. The highest BCUT2D eigenvalue weighted by Crippen LogP contribution is 2.68. The van der Waals surface area contributed by atoms with E-state index >= 15 is 0 Å². The predicted octanol–water partition coefficient (Wildman–Crippen LogP) is 3.80. The topological polar surface area (TPSA) is 57.5 Å². The summed E-state index contributed by atoms with van der Waals surface area (Å²) in [5, 5.41) is 22.6. The molecule has 0 spiro atoms. The molecular weight excluding hydrogens is 312 g/mol. The molecule has 4 aliphatic rings. The van der Waals surface area contributed by atoms with Gasteiger partial charge in [-0.1, -0.05) is 26.0 Å². The minimum absolute atomic E-state index is 0.0541. The Morgan fingerprint density at radius 1 is 1.24 bits per heavy atom. The van der Waals surface area contributed by atoms with Gasteiger partial charge in [0.15, 0.2) is 5.78 Å². The molecule has 3 nitrogen and oxygen atoms in total. The van der Waals surface area contributed by atoms with Gasteiger partial charge in [0, 0.05) is 11.8 Å². The van der Waals surface area contributed by atoms with Crippen LogP contribution in [0.4, 0.5) is 0 Å². The lowest BCUT2D eigenvalue weighted by molar-refractivity contribution is -0.160. The Hall–Kier alpha value is -0.930. The van der Waals surface area contributed by atoms with E-state index in [1.54, 1.807) is 0 Å². The van der Waals surface area contributed by atoms with Crippen molar-refractivity contribution in [1.82, 2.24) is 0 Å². The van der Waals surface area contributed by atoms with E-state index < -0.39 is 11.7 Å². The summed E-state index contributed by atoms with van der Waals surface area (Å²) < 4.78 is 0. The third-order valence-corrected chi connectivity index (χ3v) is 8.75. The van der Waals surface area contributed by atoms with E-state index in [0.29, 0.717) is 24.7 Å². The van der Waals surface area contributed by atoms with Gasteiger partial charge in [-0.3, -0.25) is 4.79 Å². The molecule has 0 unspecified atom stereocenters. The molecule has 0 aromatic rings. The van der Waals surface area contributed by atoms with Crippen LogP contribution in [0.5, 0.6) is 0 Å². The number of allylic oxidation sites excluding steroid dienone is 1. The molecule has 0 heterocycles. The molecule has 138 valence electrons. The molecule has 7 atom stereocenters. The van der Waals surface area contributed by atoms with Gasteiger partial charge in [0.25, 0.3) is 0 Å². The van der Waals surface area contributed by atoms with Crippen LogP contribution in [0.1, 0.15) is 65.7 Å². The maximum Gasteiger partial charge on any atom is 0.155 e. The van der Waals surface area contributed by atoms with Crippen molar-refractivity contribution in [2.24, 2.45) is 28.6 Å². The molecule has 0 bridgehead atoms. The number of hydrogen-bond donors (Lipinski definition) is 2. The number of carbonyl (C=O) groups is 1. The largest absolute Gasteiger partial charge is 0.393 e. The van der Waals surface area contributed by atoms with Crippen molar-refractivity contribution in [3.63, 3.8) is 0 Å². The summed E-state index contributed by atoms with van der Waals surface area (Å²) in [4.78, 5) is 11.9. The highest BCUT2D eigenvalue weighted by atomic mass is 16.3. The Morgan fingerprint density at radius 2 is 1.96 bits per heavy atom. The number of fused-ring (bicyclic) bond motifs is 5. The fourth-order valence-corrected chi connectivity index (χ4v) is 7.39. The standard InChI is InChI=1S/C22H32O3/c1-13(2)22(25)10-8-17-16-6-5-14-11-15(23)7-9-20(14,3)19(16)18(24)12-21(17,22)4/h11,16-19,24-25H,1,5-10,12H2,2-4H3/t16-,17-,18+,19+,20-,21-,22+/m1/s1. The summed E-state index contributed by atoms with van der Waals surface area (Å²) in [6.07, 6.45) is 7.34. The maximum absolute atomic E-state index is 11.9. The van der Waals surface area contributed by atoms with Crippen LogP contribution < -0.4 is 0 Å². The van der Waals surface area contributed by atoms with Gasteiger partial charge >= 0.3 is 0 Å². The zero-order chi connectivity index (χ0) is 18.2. The predicted molar refractivity (Wildman–Crippen MR) is 97.9 cm³/mol. The fraction of sp³-hybridized carbons (Fsp3) is 0.773. The molecule has 25 heavy (non-hydrogen) atoms. The van der Waals surface area contributed by atoms with E-state index in [1.165, 1.54) is 5.57 Å². The van der Waals surface area contributed by atoms with Crippen LogP contribution in [0.15, 0.2) is 23.8 Å². The van der Waals surface area contributed by atoms with E-state index in [0.717, 1.165) is 37.7 Å². The van der Waals surface area contributed by atoms with Crippen molar-refractivity contribution in [2.45, 2.75) is 77.4 Å². The first-order chi connectivity index (χ1) is 11.6. The second-order valence-electron chi connectivity index (χ2n) is 9.76. The summed E-state index contributed by atoms with van der Waals surface area (Å²) in [5.74, 6) is 1.32. The van der Waals surface area contributed by atoms with Gasteiger partial charge in [0.1, 0.15) is 0 Å². The zero-order valence-corrected chi connectivity index (χ0v) is 15.8. The molecule has 0 aromatic heterocycles. The first kappa shape index (κ1) is 17.5. The molecule has 3 heteroatoms. The zero-order valence-electron chi connectivity index (χ0n) is 15.8. The summed E-state index contributed by atoms with van der Waals surface area (Å²) in [7, 11) is 0. The number of hydrogen-bond acceptors (Lipinski definition) is 3. The molecule has 0 saturated heterocycles. The summed E-state index contributed by atoms with van der Waals surface area (Å²) in [6, 6.07) is 0. The van der Waals surface area contributed by atoms with E-state index in [2.05, 4.69) is 20.4 Å². The Kier molecular flexibility index (Phi) is 3.70. The second kappa shape index (κ2) is 5.29. The normalized spacial score (nSPS) is 52.0. The van der Waals surface area contributed by atoms with Crippen molar-refractivity contribution in [3.05, 3.63) is 23.8 Å². The Morgan fingerprint density at radius 3 is 2.64 bits per heavy atom. The van der Waals surface area contributed by atoms with Crippen LogP contribution >= 0.6 is 0 Å². The molecule has 0 aromatic carbocycles. The van der Waals surface area contributed by atoms with Crippen LogP contribution in [-0.4, -0.2) is 27.7 Å². The van der Waals surface area contributed by atoms with Gasteiger partial charge in [-0.15, -0.1) is 0 Å². The first-order valence-corrected chi connectivity index (χ1v) is 9.94. The average Bonchev–Trinajstić information content (AvgIpc) is 2.80. The van der Waals surface area contributed by atoms with E-state index in [4.69, 9.17) is 0 Å². The highest BCUT2D eigenvalue weighted by Gasteiger charge is 2.66. The smallest absolute Gasteiger partial charge is 0.155 e. The molecular formula is C22H32O3. The monoisotopic (exact) mass is 344 g/mol. The van der Waals surface area contributed by atoms with Crippen LogP contribution in [0.25, 0.3) is 0 Å². The number of aliphatic hydroxyl groups is 2. The third kappa shape index (κ3) is 2.09. The van der Waals surface area contributed by atoms with Crippen LogP contribution in [-0.2, 0) is 4.79 Å². The summed E-state index contributed by atoms with van der Waals surface area (Å²) in [5.41, 5.74) is 0.904. The molecule has 3 saturated carbocycles. The van der Waals surface area contributed by atoms with Crippen molar-refractivity contribution in [3.8, 4) is 0 Å². The molecule has 0 aliphatic heterocycles. The molecule has 2 N–H and O–H groups in total. The lowest BCUT2D eigenvalue weighted by Crippen LogP contribution is -2.60. The Bertz CT molecular complexity index is 664. The van der Waals surface area contributed by atoms with Crippen molar-refractivity contribution < 1.29 is 15.0 Å². The molecule has 4 aliphatic carbocycles. The van der Waals surface area contributed by atoms with E-state index in [-0.39, 0.29) is 22.5 Å². The van der Waals surface area contributed by atoms with Crippen LogP contribution in [0.2, 0.25) is 0 Å². The molecule has 4 rings (SSSR count). The van der Waals surface area contributed by atoms with E-state index in [9.17, 15) is 15.0 Å². The van der Waals surface area contributed by atoms with Gasteiger partial charge in [-0.05, 0) is 80.3 Å². The number of carbonyl (C=O) groups excluding carboxylic acids is 1. The third-order valence-electron chi connectivity index (χ3n) is 8.75. The van der Waals surface area contributed by atoms with Gasteiger partial charge in [-0.2, -0.15) is 0 Å². The van der Waals surface area contributed by atoms with Gasteiger partial charge in [0.2, 0.25) is 0 Å². The molecule has 3 fully saturated rings. The van der Waals surface area contributed by atoms with Gasteiger partial charge in [-0.25, -0.2) is 0 Å². The summed E-state index contributed by atoms with van der Waals surface area (Å²) in [6.45, 7) is 10.5. The van der Waals surface area contributed by atoms with Crippen LogP contribution in [0, 0.1) is 28.6 Å². The molecule has 0 radical (unpaired) electrons. The van der Waals surface area contributed by atoms with E-state index in [1.807, 2.05) is 13.0 Å². The average molecular weight is 344 g/mol. The van der Waals surface area contributed by atoms with Crippen molar-refractivity contribution in [1.29, 1.82) is 0 Å². The van der Waals surface area contributed by atoms with Gasteiger partial charge in [0.05, 0.1) is 11.7 Å². The number of aliphatic hydroxyl groups excluding tert-OH is 1. The maximum atomic E-state index is 11.9. The Balaban J connectivity index is 1.75. The SMILES string of the molecule is C=C(C)[C@@]1(O)CC[C@@H]2[C@H]3CCC4=CC(=O)CC[C@@]4(C)[C@@H]3[C@@H](O)C[C@]21C. The summed E-state index contributed by atoms with van der Waals surface area (Å²) >= 11 is 0. The van der Waals surface area contributed by atoms with Gasteiger partial charge < -0.3 is 10.2 Å². The first-order valence-electron chi connectivity index (χ1n) is 9.94. The second-order valence-corrected chi connectivity index (χ2v) is 9.76. The lowest BCUT2D eigenvalue weighted by atomic mass is 9.45. The quantitative estimate of drug-likeness (QED) is 0.712. The Labute approximate surface area is 151 Å². The minimum Gasteiger partial charge on any atom is -0.393 e. The van der Waals surface area contributed by atoms with Crippen molar-refractivity contribution >= 4 is 5.78 Å². The van der Waals surface area contributed by atoms with Crippen molar-refractivity contribution in [2.75, 3.05) is 0 Å². The fourth-order valence-electron chi connectivity index (χ4n) is 7.39.